The predicted molar refractivity (Wildman–Crippen MR) is 154 cm³/mol. The first kappa shape index (κ1) is 30.2. The number of carbonyl (C=O) groups is 2. The molecule has 198 valence electrons. The Morgan fingerprint density at radius 1 is 0.949 bits per heavy atom. The zero-order valence-electron chi connectivity index (χ0n) is 21.3. The van der Waals surface area contributed by atoms with Gasteiger partial charge in [0.25, 0.3) is 10.0 Å². The number of amides is 1. The first-order valence-corrected chi connectivity index (χ1v) is 13.4. The Hall–Kier alpha value is -3.37. The summed E-state index contributed by atoms with van der Waals surface area (Å²) in [6.45, 7) is 5.80. The van der Waals surface area contributed by atoms with Gasteiger partial charge in [-0.1, -0.05) is 31.7 Å². The Kier molecular flexibility index (Phi) is 9.79. The van der Waals surface area contributed by atoms with Gasteiger partial charge in [0.15, 0.2) is 5.78 Å². The van der Waals surface area contributed by atoms with E-state index in [0.717, 1.165) is 22.2 Å². The number of sulfonamides is 1. The van der Waals surface area contributed by atoms with E-state index in [-0.39, 0.29) is 52.0 Å². The van der Waals surface area contributed by atoms with Gasteiger partial charge in [-0.3, -0.25) is 9.59 Å². The number of para-hydroxylation sites is 1. The predicted octanol–water partition coefficient (Wildman–Crippen LogP) is 4.70. The van der Waals surface area contributed by atoms with Crippen molar-refractivity contribution in [2.75, 3.05) is 14.2 Å². The Morgan fingerprint density at radius 3 is 2.23 bits per heavy atom. The van der Waals surface area contributed by atoms with E-state index in [1.165, 1.54) is 31.4 Å². The fourth-order valence-electron chi connectivity index (χ4n) is 4.13. The molecule has 0 aliphatic rings. The summed E-state index contributed by atoms with van der Waals surface area (Å²) in [4.78, 5) is 28.4. The average molecular weight is 557 g/mol. The third kappa shape index (κ3) is 6.45. The number of ether oxygens (including phenoxy) is 2. The van der Waals surface area contributed by atoms with E-state index in [1.807, 2.05) is 35.1 Å². The second-order valence-electron chi connectivity index (χ2n) is 8.63. The van der Waals surface area contributed by atoms with Crippen molar-refractivity contribution in [1.29, 1.82) is 0 Å². The van der Waals surface area contributed by atoms with Crippen LogP contribution in [0.2, 0.25) is 0 Å². The number of Topliss-reactive ketones (excluding diaryl/α,β-unsaturated/α-hetero) is 1. The molecule has 0 fully saturated rings. The summed E-state index contributed by atoms with van der Waals surface area (Å²) in [6.07, 6.45) is 0.619. The maximum absolute atomic E-state index is 13.4. The minimum atomic E-state index is -4.03. The van der Waals surface area contributed by atoms with Crippen LogP contribution in [-0.2, 0) is 14.8 Å². The summed E-state index contributed by atoms with van der Waals surface area (Å²) in [5, 5.41) is 1.03. The van der Waals surface area contributed by atoms with E-state index in [9.17, 15) is 18.0 Å². The number of aromatic amines is 1. The van der Waals surface area contributed by atoms with Crippen LogP contribution < -0.4 is 14.2 Å². The summed E-state index contributed by atoms with van der Waals surface area (Å²) in [5.74, 6) is -0.0385. The number of hydrogen-bond acceptors (Lipinski definition) is 6. The van der Waals surface area contributed by atoms with Crippen molar-refractivity contribution in [3.8, 4) is 22.8 Å². The molecule has 39 heavy (non-hydrogen) atoms. The number of allylic oxidation sites excluding steroid dienone is 1. The Bertz CT molecular complexity index is 1610. The number of H-pyrrole nitrogens is 1. The zero-order valence-corrected chi connectivity index (χ0v) is 22.1. The summed E-state index contributed by atoms with van der Waals surface area (Å²) in [5.41, 5.74) is 3.34. The standard InChI is InChI=1S/C29H28N2O6S.Na.H/c1-5-8-28(32)31-38(34,35)21-13-11-19(12-14-21)29(33)18(2)22-16-23(27(37-4)17-26(22)36-3)25-15-20-9-6-7-10-24(20)30-25;;/h6-7,9-17,30H,2,5,8H2,1,3-4H3,(H,31,32);;. The molecule has 8 nitrogen and oxygen atoms in total. The number of benzene rings is 3. The van der Waals surface area contributed by atoms with Gasteiger partial charge >= 0.3 is 29.6 Å². The van der Waals surface area contributed by atoms with Crippen molar-refractivity contribution in [1.82, 2.24) is 9.71 Å². The molecule has 0 radical (unpaired) electrons. The van der Waals surface area contributed by atoms with Gasteiger partial charge in [0.2, 0.25) is 5.91 Å². The third-order valence-corrected chi connectivity index (χ3v) is 7.48. The Labute approximate surface area is 249 Å². The number of aromatic nitrogens is 1. The van der Waals surface area contributed by atoms with Crippen LogP contribution in [-0.4, -0.2) is 68.9 Å². The van der Waals surface area contributed by atoms with Gasteiger partial charge < -0.3 is 14.5 Å². The van der Waals surface area contributed by atoms with Crippen molar-refractivity contribution in [2.45, 2.75) is 24.7 Å². The molecule has 3 aromatic carbocycles. The molecule has 0 atom stereocenters. The number of ketones is 1. The van der Waals surface area contributed by atoms with Crippen molar-refractivity contribution < 1.29 is 27.5 Å². The molecule has 0 saturated heterocycles. The van der Waals surface area contributed by atoms with Crippen LogP contribution >= 0.6 is 0 Å². The summed E-state index contributed by atoms with van der Waals surface area (Å²) < 4.78 is 38.1. The van der Waals surface area contributed by atoms with Gasteiger partial charge in [0, 0.05) is 45.7 Å². The van der Waals surface area contributed by atoms with E-state index in [4.69, 9.17) is 9.47 Å². The molecule has 0 spiro atoms. The average Bonchev–Trinajstić information content (AvgIpc) is 3.35. The van der Waals surface area contributed by atoms with Gasteiger partial charge in [0.1, 0.15) is 11.5 Å². The third-order valence-electron chi connectivity index (χ3n) is 6.09. The van der Waals surface area contributed by atoms with E-state index in [1.54, 1.807) is 26.2 Å². The van der Waals surface area contributed by atoms with Crippen LogP contribution in [0.15, 0.2) is 78.2 Å². The maximum atomic E-state index is 13.4. The minimum absolute atomic E-state index is 0. The number of carbonyl (C=O) groups excluding carboxylic acids is 2. The Balaban J connectivity index is 0.00000420. The first-order chi connectivity index (χ1) is 18.2. The molecule has 1 aromatic heterocycles. The van der Waals surface area contributed by atoms with E-state index in [0.29, 0.717) is 23.5 Å². The van der Waals surface area contributed by atoms with Gasteiger partial charge in [-0.25, -0.2) is 13.1 Å². The molecule has 0 unspecified atom stereocenters. The normalized spacial score (nSPS) is 10.9. The van der Waals surface area contributed by atoms with Crippen LogP contribution in [0.3, 0.4) is 0 Å². The quantitative estimate of drug-likeness (QED) is 0.166. The number of hydrogen-bond donors (Lipinski definition) is 2. The summed E-state index contributed by atoms with van der Waals surface area (Å²) >= 11 is 0. The fourth-order valence-corrected chi connectivity index (χ4v) is 5.15. The van der Waals surface area contributed by atoms with Crippen LogP contribution in [0, 0.1) is 0 Å². The molecule has 4 rings (SSSR count). The molecule has 1 heterocycles. The molecule has 4 aromatic rings. The molecule has 0 aliphatic carbocycles. The Morgan fingerprint density at radius 2 is 1.62 bits per heavy atom. The van der Waals surface area contributed by atoms with Gasteiger partial charge in [-0.2, -0.15) is 0 Å². The SMILES string of the molecule is C=C(C(=O)c1ccc(S(=O)(=O)NC(=O)CCC)cc1)c1cc(-c2cc3ccccc3[nH]2)c(OC)cc1OC.[NaH]. The molecule has 2 N–H and O–H groups in total. The molecule has 1 amide bonds. The van der Waals surface area contributed by atoms with Gasteiger partial charge in [0.05, 0.1) is 24.8 Å². The van der Waals surface area contributed by atoms with Crippen LogP contribution in [0.5, 0.6) is 11.5 Å². The van der Waals surface area contributed by atoms with Gasteiger partial charge in [-0.15, -0.1) is 0 Å². The molecule has 0 aliphatic heterocycles. The number of fused-ring (bicyclic) bond motifs is 1. The molecular formula is C29H29N2NaO6S. The summed E-state index contributed by atoms with van der Waals surface area (Å²) in [7, 11) is -0.985. The zero-order chi connectivity index (χ0) is 27.4. The topological polar surface area (TPSA) is 115 Å². The fraction of sp³-hybridized carbons (Fsp3) is 0.172. The second-order valence-corrected chi connectivity index (χ2v) is 10.3. The van der Waals surface area contributed by atoms with Crippen LogP contribution in [0.1, 0.15) is 35.7 Å². The molecule has 10 heteroatoms. The van der Waals surface area contributed by atoms with Crippen molar-refractivity contribution >= 4 is 67.7 Å². The molecule has 0 bridgehead atoms. The van der Waals surface area contributed by atoms with E-state index < -0.39 is 21.7 Å². The van der Waals surface area contributed by atoms with Crippen LogP contribution in [0.4, 0.5) is 0 Å². The van der Waals surface area contributed by atoms with Crippen molar-refractivity contribution in [2.24, 2.45) is 0 Å². The second kappa shape index (κ2) is 12.7. The van der Waals surface area contributed by atoms with E-state index in [2.05, 4.69) is 11.6 Å². The first-order valence-electron chi connectivity index (χ1n) is 11.9. The number of nitrogens with one attached hydrogen (secondary N) is 2. The summed E-state index contributed by atoms with van der Waals surface area (Å²) in [6, 6.07) is 18.7. The van der Waals surface area contributed by atoms with Gasteiger partial charge in [-0.05, 0) is 48.9 Å². The van der Waals surface area contributed by atoms with E-state index >= 15 is 0 Å². The van der Waals surface area contributed by atoms with Crippen molar-refractivity contribution in [3.63, 3.8) is 0 Å². The molecule has 0 saturated carbocycles. The van der Waals surface area contributed by atoms with Crippen molar-refractivity contribution in [3.05, 3.63) is 84.4 Å². The number of methoxy groups -OCH3 is 2. The van der Waals surface area contributed by atoms with Crippen LogP contribution in [0.25, 0.3) is 27.7 Å². The monoisotopic (exact) mass is 556 g/mol. The molecular weight excluding hydrogens is 527 g/mol. The number of rotatable bonds is 10.